The Morgan fingerprint density at radius 3 is 2.52 bits per heavy atom. The molecule has 3 rings (SSSR count). The third kappa shape index (κ3) is 4.92. The summed E-state index contributed by atoms with van der Waals surface area (Å²) in [6.45, 7) is 1.04. The van der Waals surface area contributed by atoms with E-state index < -0.39 is 0 Å². The molecule has 0 unspecified atom stereocenters. The van der Waals surface area contributed by atoms with Crippen molar-refractivity contribution in [1.82, 2.24) is 9.88 Å². The molecule has 0 aliphatic heterocycles. The number of benzene rings is 2. The number of nitrogens with one attached hydrogen (secondary N) is 1. The van der Waals surface area contributed by atoms with Crippen LogP contribution in [0, 0.1) is 5.41 Å². The van der Waals surface area contributed by atoms with Crippen molar-refractivity contribution in [3.63, 3.8) is 0 Å². The number of aromatic nitrogens is 1. The third-order valence-electron chi connectivity index (χ3n) is 4.17. The molecular weight excluding hydrogens is 336 g/mol. The van der Waals surface area contributed by atoms with Gasteiger partial charge < -0.3 is 20.8 Å². The number of rotatable bonds is 7. The Morgan fingerprint density at radius 2 is 1.78 bits per heavy atom. The maximum Gasteiger partial charge on any atom is 0.120 e. The van der Waals surface area contributed by atoms with Crippen LogP contribution in [0.5, 0.6) is 5.75 Å². The fourth-order valence-electron chi connectivity index (χ4n) is 2.81. The number of nitrogen functional groups attached to an aromatic ring is 1. The van der Waals surface area contributed by atoms with Crippen LogP contribution in [0.2, 0.25) is 0 Å². The monoisotopic (exact) mass is 360 g/mol. The molecule has 0 saturated heterocycles. The van der Waals surface area contributed by atoms with Gasteiger partial charge in [-0.05, 0) is 67.2 Å². The van der Waals surface area contributed by atoms with Crippen molar-refractivity contribution < 1.29 is 4.74 Å². The summed E-state index contributed by atoms with van der Waals surface area (Å²) in [7, 11) is 3.89. The van der Waals surface area contributed by atoms with Crippen molar-refractivity contribution >= 4 is 11.4 Å². The second-order valence-corrected chi connectivity index (χ2v) is 6.69. The number of hydrogen-bond acceptors (Lipinski definition) is 5. The first kappa shape index (κ1) is 18.6. The molecule has 0 bridgehead atoms. The van der Waals surface area contributed by atoms with E-state index in [0.29, 0.717) is 24.6 Å². The molecule has 27 heavy (non-hydrogen) atoms. The first-order chi connectivity index (χ1) is 13.0. The summed E-state index contributed by atoms with van der Waals surface area (Å²) in [6, 6.07) is 17.6. The molecular formula is C22H24N4O. The van der Waals surface area contributed by atoms with E-state index in [1.807, 2.05) is 73.6 Å². The van der Waals surface area contributed by atoms with Gasteiger partial charge in [0.05, 0.1) is 5.71 Å². The molecule has 5 heteroatoms. The maximum absolute atomic E-state index is 8.31. The van der Waals surface area contributed by atoms with Gasteiger partial charge in [-0.25, -0.2) is 0 Å². The topological polar surface area (TPSA) is 75.2 Å². The normalized spacial score (nSPS) is 10.8. The van der Waals surface area contributed by atoms with E-state index in [2.05, 4.69) is 4.98 Å². The van der Waals surface area contributed by atoms with Crippen LogP contribution >= 0.6 is 0 Å². The summed E-state index contributed by atoms with van der Waals surface area (Å²) in [5.41, 5.74) is 11.1. The Bertz CT molecular complexity index is 923. The molecule has 0 radical (unpaired) electrons. The molecule has 0 saturated carbocycles. The summed E-state index contributed by atoms with van der Waals surface area (Å²) in [6.07, 6.45) is 3.52. The van der Waals surface area contributed by atoms with Gasteiger partial charge in [0.1, 0.15) is 12.4 Å². The lowest BCUT2D eigenvalue weighted by molar-refractivity contribution is 0.306. The van der Waals surface area contributed by atoms with E-state index in [-0.39, 0.29) is 0 Å². The van der Waals surface area contributed by atoms with Crippen molar-refractivity contribution in [2.75, 3.05) is 26.4 Å². The van der Waals surface area contributed by atoms with Crippen LogP contribution in [0.1, 0.15) is 11.1 Å². The number of nitrogens with two attached hydrogens (primary N) is 1. The average Bonchev–Trinajstić information content (AvgIpc) is 2.67. The zero-order chi connectivity index (χ0) is 19.2. The van der Waals surface area contributed by atoms with Gasteiger partial charge in [-0.15, -0.1) is 0 Å². The number of ether oxygens (including phenoxy) is 1. The van der Waals surface area contributed by atoms with Crippen molar-refractivity contribution in [2.45, 2.75) is 6.61 Å². The van der Waals surface area contributed by atoms with Gasteiger partial charge >= 0.3 is 0 Å². The van der Waals surface area contributed by atoms with Crippen molar-refractivity contribution in [3.05, 3.63) is 78.1 Å². The molecule has 3 N–H and O–H groups in total. The molecule has 0 fully saturated rings. The minimum atomic E-state index is 0.493. The van der Waals surface area contributed by atoms with Gasteiger partial charge in [0, 0.05) is 30.2 Å². The summed E-state index contributed by atoms with van der Waals surface area (Å²) in [5, 5.41) is 8.31. The summed E-state index contributed by atoms with van der Waals surface area (Å²) < 4.78 is 5.91. The Morgan fingerprint density at radius 1 is 1.04 bits per heavy atom. The molecule has 0 atom stereocenters. The minimum absolute atomic E-state index is 0.493. The average molecular weight is 360 g/mol. The Labute approximate surface area is 159 Å². The van der Waals surface area contributed by atoms with Gasteiger partial charge in [0.25, 0.3) is 0 Å². The predicted octanol–water partition coefficient (Wildman–Crippen LogP) is 3.84. The highest BCUT2D eigenvalue weighted by Gasteiger charge is 2.10. The SMILES string of the molecule is CN(C)CC(=N)c1cc(-c2cccc(OCc3ccncc3)c2)ccc1N. The molecule has 0 spiro atoms. The molecule has 3 aromatic rings. The molecule has 0 amide bonds. The van der Waals surface area contributed by atoms with Gasteiger partial charge in [-0.2, -0.15) is 0 Å². The van der Waals surface area contributed by atoms with Crippen molar-refractivity contribution in [3.8, 4) is 16.9 Å². The lowest BCUT2D eigenvalue weighted by Gasteiger charge is -2.14. The van der Waals surface area contributed by atoms with Crippen molar-refractivity contribution in [1.29, 1.82) is 5.41 Å². The summed E-state index contributed by atoms with van der Waals surface area (Å²) in [5.74, 6) is 0.797. The van der Waals surface area contributed by atoms with Gasteiger partial charge in [-0.1, -0.05) is 18.2 Å². The first-order valence-corrected chi connectivity index (χ1v) is 8.77. The zero-order valence-electron chi connectivity index (χ0n) is 15.6. The third-order valence-corrected chi connectivity index (χ3v) is 4.17. The smallest absolute Gasteiger partial charge is 0.120 e. The largest absolute Gasteiger partial charge is 0.489 e. The highest BCUT2D eigenvalue weighted by atomic mass is 16.5. The van der Waals surface area contributed by atoms with E-state index in [1.165, 1.54) is 0 Å². The van der Waals surface area contributed by atoms with E-state index in [1.54, 1.807) is 12.4 Å². The Hall–Kier alpha value is -3.18. The molecule has 138 valence electrons. The van der Waals surface area contributed by atoms with Gasteiger partial charge in [0.15, 0.2) is 0 Å². The Kier molecular flexibility index (Phi) is 5.84. The Balaban J connectivity index is 1.81. The van der Waals surface area contributed by atoms with Crippen LogP contribution in [-0.2, 0) is 6.61 Å². The predicted molar refractivity (Wildman–Crippen MR) is 110 cm³/mol. The van der Waals surface area contributed by atoms with Crippen LogP contribution in [-0.4, -0.2) is 36.2 Å². The number of likely N-dealkylation sites (N-methyl/N-ethyl adjacent to an activating group) is 1. The number of nitrogens with zero attached hydrogens (tertiary/aromatic N) is 2. The highest BCUT2D eigenvalue weighted by molar-refractivity contribution is 6.04. The second-order valence-electron chi connectivity index (χ2n) is 6.69. The molecule has 0 aliphatic rings. The standard InChI is InChI=1S/C22H24N4O/c1-26(2)14-22(24)20-13-18(6-7-21(20)23)17-4-3-5-19(12-17)27-15-16-8-10-25-11-9-16/h3-13,24H,14-15,23H2,1-2H3. The van der Waals surface area contributed by atoms with Crippen LogP contribution in [0.15, 0.2) is 67.0 Å². The fraction of sp³-hybridized carbons (Fsp3) is 0.182. The highest BCUT2D eigenvalue weighted by Crippen LogP contribution is 2.27. The van der Waals surface area contributed by atoms with Crippen molar-refractivity contribution in [2.24, 2.45) is 0 Å². The van der Waals surface area contributed by atoms with E-state index in [0.717, 1.165) is 28.0 Å². The van der Waals surface area contributed by atoms with Crippen LogP contribution in [0.25, 0.3) is 11.1 Å². The number of pyridine rings is 1. The van der Waals surface area contributed by atoms with Crippen LogP contribution < -0.4 is 10.5 Å². The summed E-state index contributed by atoms with van der Waals surface area (Å²) in [4.78, 5) is 5.98. The lowest BCUT2D eigenvalue weighted by atomic mass is 9.99. The molecule has 1 aromatic heterocycles. The van der Waals surface area contributed by atoms with E-state index in [4.69, 9.17) is 15.9 Å². The fourth-order valence-corrected chi connectivity index (χ4v) is 2.81. The number of anilines is 1. The molecule has 0 aliphatic carbocycles. The first-order valence-electron chi connectivity index (χ1n) is 8.77. The van der Waals surface area contributed by atoms with Gasteiger partial charge in [0.2, 0.25) is 0 Å². The maximum atomic E-state index is 8.31. The minimum Gasteiger partial charge on any atom is -0.489 e. The second kappa shape index (κ2) is 8.47. The van der Waals surface area contributed by atoms with E-state index in [9.17, 15) is 0 Å². The summed E-state index contributed by atoms with van der Waals surface area (Å²) >= 11 is 0. The quantitative estimate of drug-likeness (QED) is 0.496. The van der Waals surface area contributed by atoms with Gasteiger partial charge in [-0.3, -0.25) is 4.98 Å². The molecule has 2 aromatic carbocycles. The number of hydrogen-bond donors (Lipinski definition) is 2. The lowest BCUT2D eigenvalue weighted by Crippen LogP contribution is -2.22. The molecule has 1 heterocycles. The zero-order valence-corrected chi connectivity index (χ0v) is 15.6. The van der Waals surface area contributed by atoms with E-state index >= 15 is 0 Å². The molecule has 5 nitrogen and oxygen atoms in total. The van der Waals surface area contributed by atoms with Crippen LogP contribution in [0.4, 0.5) is 5.69 Å². The van der Waals surface area contributed by atoms with Crippen LogP contribution in [0.3, 0.4) is 0 Å².